The topological polar surface area (TPSA) is 43.8 Å². The van der Waals surface area contributed by atoms with Crippen LogP contribution in [-0.4, -0.2) is 59.1 Å². The van der Waals surface area contributed by atoms with Gasteiger partial charge in [-0.05, 0) is 56.8 Å². The second-order valence-corrected chi connectivity index (χ2v) is 8.43. The number of carbonyl (C=O) groups excluding carboxylic acids is 1. The Labute approximate surface area is 127 Å². The molecule has 21 heavy (non-hydrogen) atoms. The van der Waals surface area contributed by atoms with Gasteiger partial charge in [-0.15, -0.1) is 0 Å². The molecule has 0 aromatic rings. The molecule has 4 atom stereocenters. The third-order valence-corrected chi connectivity index (χ3v) is 6.31. The predicted octanol–water partition coefficient (Wildman–Crippen LogP) is 1.19. The van der Waals surface area contributed by atoms with Gasteiger partial charge in [0.2, 0.25) is 5.91 Å². The number of piperazine rings is 1. The lowest BCUT2D eigenvalue weighted by Gasteiger charge is -2.37. The van der Waals surface area contributed by atoms with Crippen LogP contribution in [0.25, 0.3) is 0 Å². The lowest BCUT2D eigenvalue weighted by Crippen LogP contribution is -2.52. The van der Waals surface area contributed by atoms with Crippen molar-refractivity contribution in [2.75, 3.05) is 32.7 Å². The zero-order chi connectivity index (χ0) is 14.8. The van der Waals surface area contributed by atoms with E-state index in [1.165, 1.54) is 19.3 Å². The number of β-amino-alcohol motifs (C(OH)–C–C–N with tert-alkyl or cyclic N) is 1. The molecule has 4 fully saturated rings. The van der Waals surface area contributed by atoms with Crippen molar-refractivity contribution in [2.45, 2.75) is 38.7 Å². The summed E-state index contributed by atoms with van der Waals surface area (Å²) in [5, 5.41) is 9.90. The van der Waals surface area contributed by atoms with E-state index in [2.05, 4.69) is 9.80 Å². The van der Waals surface area contributed by atoms with Crippen molar-refractivity contribution in [1.82, 2.24) is 9.80 Å². The van der Waals surface area contributed by atoms with Crippen LogP contribution in [0, 0.1) is 29.6 Å². The molecule has 118 valence electrons. The standard InChI is InChI=1S/C17H28N2O2/c1-17(2,21)10-18-5-7-19(8-6-18)16(20)15-13-11-3-4-12(9-11)14(13)15/h11-15,21H,3-10H2,1-2H3. The van der Waals surface area contributed by atoms with Crippen LogP contribution >= 0.6 is 0 Å². The largest absolute Gasteiger partial charge is 0.389 e. The highest BCUT2D eigenvalue weighted by molar-refractivity contribution is 5.83. The van der Waals surface area contributed by atoms with E-state index in [0.29, 0.717) is 18.4 Å². The Morgan fingerprint density at radius 3 is 2.19 bits per heavy atom. The molecule has 0 spiro atoms. The molecule has 4 aliphatic rings. The summed E-state index contributed by atoms with van der Waals surface area (Å²) in [6, 6.07) is 0. The minimum Gasteiger partial charge on any atom is -0.389 e. The first-order valence-electron chi connectivity index (χ1n) is 8.67. The predicted molar refractivity (Wildman–Crippen MR) is 80.6 cm³/mol. The van der Waals surface area contributed by atoms with Gasteiger partial charge in [0.25, 0.3) is 0 Å². The van der Waals surface area contributed by atoms with Gasteiger partial charge in [0, 0.05) is 38.6 Å². The highest BCUT2D eigenvalue weighted by atomic mass is 16.3. The van der Waals surface area contributed by atoms with Crippen molar-refractivity contribution in [3.8, 4) is 0 Å². The normalized spacial score (nSPS) is 42.2. The van der Waals surface area contributed by atoms with Crippen LogP contribution in [0.4, 0.5) is 0 Å². The van der Waals surface area contributed by atoms with Crippen molar-refractivity contribution in [3.63, 3.8) is 0 Å². The Morgan fingerprint density at radius 1 is 1.10 bits per heavy atom. The van der Waals surface area contributed by atoms with Crippen molar-refractivity contribution in [3.05, 3.63) is 0 Å². The van der Waals surface area contributed by atoms with E-state index < -0.39 is 5.60 Å². The molecule has 3 saturated carbocycles. The Hall–Kier alpha value is -0.610. The molecule has 2 bridgehead atoms. The molecule has 0 aromatic carbocycles. The van der Waals surface area contributed by atoms with Crippen LogP contribution < -0.4 is 0 Å². The molecule has 1 amide bonds. The smallest absolute Gasteiger partial charge is 0.226 e. The number of amides is 1. The van der Waals surface area contributed by atoms with E-state index in [1.54, 1.807) is 0 Å². The number of hydrogen-bond donors (Lipinski definition) is 1. The summed E-state index contributed by atoms with van der Waals surface area (Å²) in [6.07, 6.45) is 4.18. The molecule has 4 unspecified atom stereocenters. The number of hydrogen-bond acceptors (Lipinski definition) is 3. The molecule has 4 nitrogen and oxygen atoms in total. The maximum absolute atomic E-state index is 12.7. The van der Waals surface area contributed by atoms with Gasteiger partial charge in [-0.25, -0.2) is 0 Å². The highest BCUT2D eigenvalue weighted by Crippen LogP contribution is 2.69. The van der Waals surface area contributed by atoms with Gasteiger partial charge in [-0.1, -0.05) is 0 Å². The third kappa shape index (κ3) is 2.40. The second-order valence-electron chi connectivity index (χ2n) is 8.43. The van der Waals surface area contributed by atoms with Gasteiger partial charge >= 0.3 is 0 Å². The first kappa shape index (κ1) is 14.0. The number of rotatable bonds is 3. The SMILES string of the molecule is CC(C)(O)CN1CCN(C(=O)C2C3C4CCC(C4)C23)CC1. The third-order valence-electron chi connectivity index (χ3n) is 6.31. The molecule has 4 rings (SSSR count). The zero-order valence-corrected chi connectivity index (χ0v) is 13.3. The van der Waals surface area contributed by atoms with Crippen molar-refractivity contribution < 1.29 is 9.90 Å². The molecule has 0 aromatic heterocycles. The monoisotopic (exact) mass is 292 g/mol. The molecule has 1 saturated heterocycles. The lowest BCUT2D eigenvalue weighted by molar-refractivity contribution is -0.135. The Morgan fingerprint density at radius 2 is 1.67 bits per heavy atom. The average Bonchev–Trinajstić information content (AvgIpc) is 2.85. The number of carbonyl (C=O) groups is 1. The van der Waals surface area contributed by atoms with E-state index in [1.807, 2.05) is 13.8 Å². The van der Waals surface area contributed by atoms with E-state index in [4.69, 9.17) is 0 Å². The second kappa shape index (κ2) is 4.69. The molecule has 0 radical (unpaired) electrons. The first-order valence-corrected chi connectivity index (χ1v) is 8.67. The zero-order valence-electron chi connectivity index (χ0n) is 13.3. The van der Waals surface area contributed by atoms with E-state index in [-0.39, 0.29) is 0 Å². The maximum atomic E-state index is 12.7. The van der Waals surface area contributed by atoms with Crippen LogP contribution in [0.2, 0.25) is 0 Å². The minimum atomic E-state index is -0.640. The summed E-state index contributed by atoms with van der Waals surface area (Å²) >= 11 is 0. The van der Waals surface area contributed by atoms with Crippen LogP contribution in [0.1, 0.15) is 33.1 Å². The van der Waals surface area contributed by atoms with Gasteiger partial charge < -0.3 is 10.0 Å². The van der Waals surface area contributed by atoms with Crippen LogP contribution in [0.15, 0.2) is 0 Å². The summed E-state index contributed by atoms with van der Waals surface area (Å²) in [5.41, 5.74) is -0.640. The highest BCUT2D eigenvalue weighted by Gasteiger charge is 2.67. The molecule has 1 aliphatic heterocycles. The van der Waals surface area contributed by atoms with Crippen molar-refractivity contribution >= 4 is 5.91 Å². The number of fused-ring (bicyclic) bond motifs is 5. The fourth-order valence-corrected chi connectivity index (χ4v) is 5.54. The molecule has 3 aliphatic carbocycles. The number of nitrogens with zero attached hydrogens (tertiary/aromatic N) is 2. The quantitative estimate of drug-likeness (QED) is 0.850. The van der Waals surface area contributed by atoms with Crippen LogP contribution in [0.3, 0.4) is 0 Å². The molecule has 1 heterocycles. The van der Waals surface area contributed by atoms with Crippen molar-refractivity contribution in [2.24, 2.45) is 29.6 Å². The molecular weight excluding hydrogens is 264 g/mol. The Bertz CT molecular complexity index is 421. The summed E-state index contributed by atoms with van der Waals surface area (Å²) in [4.78, 5) is 17.1. The van der Waals surface area contributed by atoms with Gasteiger partial charge in [-0.2, -0.15) is 0 Å². The van der Waals surface area contributed by atoms with Gasteiger partial charge in [0.15, 0.2) is 0 Å². The van der Waals surface area contributed by atoms with Gasteiger partial charge in [-0.3, -0.25) is 9.69 Å². The molecular formula is C17H28N2O2. The fraction of sp³-hybridized carbons (Fsp3) is 0.941. The van der Waals surface area contributed by atoms with Gasteiger partial charge in [0.05, 0.1) is 5.60 Å². The van der Waals surface area contributed by atoms with Crippen LogP contribution in [-0.2, 0) is 4.79 Å². The minimum absolute atomic E-state index is 0.386. The van der Waals surface area contributed by atoms with E-state index >= 15 is 0 Å². The molecule has 1 N–H and O–H groups in total. The average molecular weight is 292 g/mol. The first-order chi connectivity index (χ1) is 9.94. The van der Waals surface area contributed by atoms with Crippen LogP contribution in [0.5, 0.6) is 0 Å². The van der Waals surface area contributed by atoms with E-state index in [0.717, 1.165) is 49.9 Å². The lowest BCUT2D eigenvalue weighted by atomic mass is 10.0. The number of aliphatic hydroxyl groups is 1. The summed E-state index contributed by atoms with van der Waals surface area (Å²) in [6.45, 7) is 7.92. The fourth-order valence-electron chi connectivity index (χ4n) is 5.54. The summed E-state index contributed by atoms with van der Waals surface area (Å²) < 4.78 is 0. The summed E-state index contributed by atoms with van der Waals surface area (Å²) in [7, 11) is 0. The molecule has 4 heteroatoms. The Balaban J connectivity index is 1.30. The summed E-state index contributed by atoms with van der Waals surface area (Å²) in [5.74, 6) is 4.11. The van der Waals surface area contributed by atoms with Crippen molar-refractivity contribution in [1.29, 1.82) is 0 Å². The maximum Gasteiger partial charge on any atom is 0.226 e. The van der Waals surface area contributed by atoms with Gasteiger partial charge in [0.1, 0.15) is 0 Å². The van der Waals surface area contributed by atoms with E-state index in [9.17, 15) is 9.90 Å². The Kier molecular flexibility index (Phi) is 3.13.